The lowest BCUT2D eigenvalue weighted by atomic mass is 10.1. The van der Waals surface area contributed by atoms with Crippen LogP contribution >= 0.6 is 0 Å². The average molecular weight is 403 g/mol. The Balaban J connectivity index is 1.91. The fraction of sp³-hybridized carbons (Fsp3) is 0.312. The van der Waals surface area contributed by atoms with Gasteiger partial charge in [-0.2, -0.15) is 4.31 Å². The van der Waals surface area contributed by atoms with Crippen LogP contribution in [0.5, 0.6) is 0 Å². The smallest absolute Gasteiger partial charge is 0.275 e. The first-order valence-electron chi connectivity index (χ1n) is 7.90. The topological polar surface area (TPSA) is 91.6 Å². The predicted molar refractivity (Wildman–Crippen MR) is 89.1 cm³/mol. The van der Waals surface area contributed by atoms with Gasteiger partial charge in [0.15, 0.2) is 17.5 Å². The molecule has 146 valence electrons. The Morgan fingerprint density at radius 1 is 1.30 bits per heavy atom. The zero-order valence-electron chi connectivity index (χ0n) is 14.1. The molecule has 7 nitrogen and oxygen atoms in total. The van der Waals surface area contributed by atoms with Gasteiger partial charge < -0.3 is 15.0 Å². The molecule has 1 fully saturated rings. The van der Waals surface area contributed by atoms with Crippen LogP contribution in [-0.2, 0) is 17.1 Å². The summed E-state index contributed by atoms with van der Waals surface area (Å²) >= 11 is 0. The lowest BCUT2D eigenvalue weighted by molar-refractivity contribution is 0.101. The molecule has 0 spiro atoms. The molecule has 2 heterocycles. The van der Waals surface area contributed by atoms with Crippen LogP contribution in [0, 0.1) is 17.5 Å². The number of halogens is 3. The molecule has 11 heteroatoms. The minimum Gasteiger partial charge on any atom is -0.395 e. The van der Waals surface area contributed by atoms with Gasteiger partial charge in [0.25, 0.3) is 5.91 Å². The van der Waals surface area contributed by atoms with E-state index in [9.17, 15) is 26.4 Å². The number of anilines is 1. The van der Waals surface area contributed by atoms with Crippen molar-refractivity contribution in [1.29, 1.82) is 0 Å². The van der Waals surface area contributed by atoms with Crippen LogP contribution in [-0.4, -0.2) is 47.5 Å². The van der Waals surface area contributed by atoms with E-state index < -0.39 is 56.6 Å². The van der Waals surface area contributed by atoms with Crippen molar-refractivity contribution in [1.82, 2.24) is 8.87 Å². The molecule has 1 unspecified atom stereocenters. The summed E-state index contributed by atoms with van der Waals surface area (Å²) in [6, 6.07) is 1.97. The number of aryl methyl sites for hydroxylation is 1. The zero-order chi connectivity index (χ0) is 19.9. The van der Waals surface area contributed by atoms with E-state index in [1.165, 1.54) is 7.05 Å². The third-order valence-corrected chi connectivity index (χ3v) is 6.31. The largest absolute Gasteiger partial charge is 0.395 e. The van der Waals surface area contributed by atoms with Crippen LogP contribution in [0.2, 0.25) is 0 Å². The number of carbonyl (C=O) groups is 1. The molecule has 0 aliphatic carbocycles. The molecule has 1 aromatic carbocycles. The van der Waals surface area contributed by atoms with Gasteiger partial charge in [-0.15, -0.1) is 0 Å². The Kier molecular flexibility index (Phi) is 5.02. The molecule has 1 atom stereocenters. The van der Waals surface area contributed by atoms with E-state index in [4.69, 9.17) is 5.11 Å². The second kappa shape index (κ2) is 6.98. The van der Waals surface area contributed by atoms with Crippen LogP contribution in [0.1, 0.15) is 16.9 Å². The van der Waals surface area contributed by atoms with E-state index in [1.54, 1.807) is 0 Å². The Hall–Kier alpha value is -2.37. The fourth-order valence-electron chi connectivity index (χ4n) is 2.81. The highest BCUT2D eigenvalue weighted by Gasteiger charge is 2.41. The van der Waals surface area contributed by atoms with Crippen molar-refractivity contribution in [2.75, 3.05) is 18.5 Å². The number of nitrogens with one attached hydrogen (secondary N) is 1. The van der Waals surface area contributed by atoms with Crippen molar-refractivity contribution in [2.45, 2.75) is 17.4 Å². The number of hydrogen-bond donors (Lipinski definition) is 2. The number of carbonyl (C=O) groups excluding carboxylic acids is 1. The van der Waals surface area contributed by atoms with Crippen LogP contribution < -0.4 is 5.32 Å². The van der Waals surface area contributed by atoms with E-state index in [1.807, 2.05) is 0 Å². The summed E-state index contributed by atoms with van der Waals surface area (Å²) < 4.78 is 68.0. The Bertz CT molecular complexity index is 1000. The minimum atomic E-state index is -4.23. The fourth-order valence-corrected chi connectivity index (χ4v) is 4.59. The van der Waals surface area contributed by atoms with Crippen molar-refractivity contribution in [3.8, 4) is 0 Å². The number of aliphatic hydroxyl groups excluding tert-OH is 1. The van der Waals surface area contributed by atoms with E-state index in [-0.39, 0.29) is 12.2 Å². The van der Waals surface area contributed by atoms with Gasteiger partial charge in [0, 0.05) is 37.6 Å². The molecule has 1 aliphatic heterocycles. The van der Waals surface area contributed by atoms with E-state index >= 15 is 0 Å². The zero-order valence-corrected chi connectivity index (χ0v) is 14.9. The average Bonchev–Trinajstić information content (AvgIpc) is 2.85. The van der Waals surface area contributed by atoms with Crippen molar-refractivity contribution < 1.29 is 31.5 Å². The van der Waals surface area contributed by atoms with Gasteiger partial charge in [0.1, 0.15) is 10.6 Å². The monoisotopic (exact) mass is 403 g/mol. The van der Waals surface area contributed by atoms with Gasteiger partial charge in [-0.3, -0.25) is 4.79 Å². The molecule has 1 amide bonds. The van der Waals surface area contributed by atoms with E-state index in [0.717, 1.165) is 33.3 Å². The molecule has 1 saturated heterocycles. The third-order valence-electron chi connectivity index (χ3n) is 4.37. The van der Waals surface area contributed by atoms with E-state index in [0.29, 0.717) is 6.42 Å². The molecule has 0 radical (unpaired) electrons. The molecule has 27 heavy (non-hydrogen) atoms. The van der Waals surface area contributed by atoms with Crippen LogP contribution in [0.4, 0.5) is 18.9 Å². The lowest BCUT2D eigenvalue weighted by Gasteiger charge is -2.38. The van der Waals surface area contributed by atoms with Gasteiger partial charge in [-0.1, -0.05) is 0 Å². The summed E-state index contributed by atoms with van der Waals surface area (Å²) in [6.07, 6.45) is 1.41. The first-order chi connectivity index (χ1) is 12.7. The van der Waals surface area contributed by atoms with Gasteiger partial charge in [0.05, 0.1) is 6.61 Å². The highest BCUT2D eigenvalue weighted by atomic mass is 32.2. The number of sulfonamides is 1. The van der Waals surface area contributed by atoms with E-state index in [2.05, 4.69) is 5.32 Å². The third kappa shape index (κ3) is 3.33. The number of aliphatic hydroxyl groups is 1. The maximum atomic E-state index is 14.8. The summed E-state index contributed by atoms with van der Waals surface area (Å²) in [4.78, 5) is 11.6. The molecule has 0 saturated carbocycles. The predicted octanol–water partition coefficient (Wildman–Crippen LogP) is 1.45. The molecular formula is C16H16F3N3O4S. The normalized spacial score (nSPS) is 17.6. The van der Waals surface area contributed by atoms with Gasteiger partial charge in [-0.25, -0.2) is 21.6 Å². The highest BCUT2D eigenvalue weighted by Crippen LogP contribution is 2.30. The summed E-state index contributed by atoms with van der Waals surface area (Å²) in [7, 11) is -2.95. The summed E-state index contributed by atoms with van der Waals surface area (Å²) in [5.41, 5.74) is -0.702. The minimum absolute atomic E-state index is 0.119. The Labute approximate surface area is 153 Å². The van der Waals surface area contributed by atoms with Gasteiger partial charge >= 0.3 is 0 Å². The van der Waals surface area contributed by atoms with Gasteiger partial charge in [-0.05, 0) is 18.6 Å². The van der Waals surface area contributed by atoms with Crippen molar-refractivity contribution in [3.05, 3.63) is 47.5 Å². The Morgan fingerprint density at radius 2 is 2.00 bits per heavy atom. The van der Waals surface area contributed by atoms with Crippen LogP contribution in [0.3, 0.4) is 0 Å². The quantitative estimate of drug-likeness (QED) is 0.791. The molecular weight excluding hydrogens is 387 g/mol. The standard InChI is InChI=1S/C16H16F3N3O4S/c1-21-7-13(27(25,26)22-5-4-10(22)8-23)14(19)15(21)16(24)20-9-2-3-11(17)12(18)6-9/h2-3,6-7,10,23H,4-5,8H2,1H3,(H,20,24). The molecule has 1 aliphatic rings. The van der Waals surface area contributed by atoms with Crippen molar-refractivity contribution >= 4 is 21.6 Å². The second-order valence-electron chi connectivity index (χ2n) is 6.09. The molecule has 1 aromatic heterocycles. The maximum absolute atomic E-state index is 14.8. The lowest BCUT2D eigenvalue weighted by Crippen LogP contribution is -2.52. The summed E-state index contributed by atoms with van der Waals surface area (Å²) in [6.45, 7) is -0.255. The molecule has 3 rings (SSSR count). The first kappa shape index (κ1) is 19.4. The summed E-state index contributed by atoms with van der Waals surface area (Å²) in [5, 5.41) is 11.4. The number of benzene rings is 1. The second-order valence-corrected chi connectivity index (χ2v) is 7.95. The number of rotatable bonds is 5. The Morgan fingerprint density at radius 3 is 2.56 bits per heavy atom. The SMILES string of the molecule is Cn1cc(S(=O)(=O)N2CCC2CO)c(F)c1C(=O)Nc1ccc(F)c(F)c1. The van der Waals surface area contributed by atoms with Crippen LogP contribution in [0.25, 0.3) is 0 Å². The van der Waals surface area contributed by atoms with Crippen LogP contribution in [0.15, 0.2) is 29.3 Å². The maximum Gasteiger partial charge on any atom is 0.275 e. The van der Waals surface area contributed by atoms with Crippen molar-refractivity contribution in [3.63, 3.8) is 0 Å². The van der Waals surface area contributed by atoms with Crippen molar-refractivity contribution in [2.24, 2.45) is 7.05 Å². The summed E-state index contributed by atoms with van der Waals surface area (Å²) in [5.74, 6) is -4.60. The van der Waals surface area contributed by atoms with Gasteiger partial charge in [0.2, 0.25) is 10.0 Å². The first-order valence-corrected chi connectivity index (χ1v) is 9.34. The molecule has 2 N–H and O–H groups in total. The number of aromatic nitrogens is 1. The highest BCUT2D eigenvalue weighted by molar-refractivity contribution is 7.89. The number of amides is 1. The number of hydrogen-bond acceptors (Lipinski definition) is 4. The number of nitrogens with zero attached hydrogens (tertiary/aromatic N) is 2. The molecule has 2 aromatic rings. The molecule has 0 bridgehead atoms.